The number of hydrogen-bond acceptors (Lipinski definition) is 5. The molecule has 2 fully saturated rings. The number of carboxylic acid groups (broad SMARTS) is 1. The summed E-state index contributed by atoms with van der Waals surface area (Å²) in [5.74, 6) is -0.930. The molecule has 114 valence electrons. The Labute approximate surface area is 120 Å². The third-order valence-electron chi connectivity index (χ3n) is 4.05. The van der Waals surface area contributed by atoms with Gasteiger partial charge in [-0.3, -0.25) is 0 Å². The summed E-state index contributed by atoms with van der Waals surface area (Å²) in [7, 11) is 0. The lowest BCUT2D eigenvalue weighted by molar-refractivity contribution is 0.0689. The fourth-order valence-corrected chi connectivity index (χ4v) is 2.69. The molecule has 0 aromatic carbocycles. The minimum atomic E-state index is -1.11. The van der Waals surface area contributed by atoms with E-state index in [0.29, 0.717) is 26.2 Å². The Morgan fingerprint density at radius 1 is 1.29 bits per heavy atom. The van der Waals surface area contributed by atoms with Gasteiger partial charge in [-0.1, -0.05) is 5.21 Å². The summed E-state index contributed by atoms with van der Waals surface area (Å²) >= 11 is 0. The lowest BCUT2D eigenvalue weighted by atomic mass is 10.1. The maximum Gasteiger partial charge on any atom is 0.358 e. The minimum Gasteiger partial charge on any atom is -0.476 e. The minimum absolute atomic E-state index is 0.0224. The van der Waals surface area contributed by atoms with Crippen LogP contribution in [0.25, 0.3) is 0 Å². The van der Waals surface area contributed by atoms with Crippen LogP contribution in [-0.4, -0.2) is 79.8 Å². The number of hydrogen-bond donors (Lipinski definition) is 2. The molecule has 0 radical (unpaired) electrons. The van der Waals surface area contributed by atoms with Crippen molar-refractivity contribution in [2.75, 3.05) is 32.8 Å². The average molecular weight is 295 g/mol. The van der Waals surface area contributed by atoms with E-state index in [0.717, 1.165) is 6.42 Å². The highest BCUT2D eigenvalue weighted by Crippen LogP contribution is 2.24. The van der Waals surface area contributed by atoms with Crippen molar-refractivity contribution in [1.82, 2.24) is 24.8 Å². The van der Waals surface area contributed by atoms with Gasteiger partial charge in [0.05, 0.1) is 12.2 Å². The monoisotopic (exact) mass is 295 g/mol. The fourth-order valence-electron chi connectivity index (χ4n) is 2.69. The second kappa shape index (κ2) is 5.32. The number of aliphatic hydroxyl groups excluding tert-OH is 1. The van der Waals surface area contributed by atoms with Gasteiger partial charge in [-0.05, 0) is 6.42 Å². The van der Waals surface area contributed by atoms with Gasteiger partial charge >= 0.3 is 12.0 Å². The summed E-state index contributed by atoms with van der Waals surface area (Å²) in [4.78, 5) is 26.4. The summed E-state index contributed by atoms with van der Waals surface area (Å²) in [6.07, 6.45) is 2.22. The largest absolute Gasteiger partial charge is 0.476 e. The number of likely N-dealkylation sites (tertiary alicyclic amines) is 2. The van der Waals surface area contributed by atoms with Crippen molar-refractivity contribution in [3.05, 3.63) is 11.9 Å². The zero-order chi connectivity index (χ0) is 15.0. The molecule has 9 heteroatoms. The van der Waals surface area contributed by atoms with E-state index in [-0.39, 0.29) is 30.3 Å². The van der Waals surface area contributed by atoms with Crippen molar-refractivity contribution in [2.45, 2.75) is 12.5 Å². The summed E-state index contributed by atoms with van der Waals surface area (Å²) < 4.78 is 1.49. The maximum absolute atomic E-state index is 12.2. The number of carbonyl (C=O) groups is 2. The number of urea groups is 1. The SMILES string of the molecule is O=C(O)c1cn(C2CN(C(=O)N3CCC(CO)C3)C2)nn1. The molecule has 9 nitrogen and oxygen atoms in total. The molecule has 0 saturated carbocycles. The molecule has 2 N–H and O–H groups in total. The van der Waals surface area contributed by atoms with Gasteiger partial charge in [0.1, 0.15) is 0 Å². The first-order valence-corrected chi connectivity index (χ1v) is 6.88. The second-order valence-corrected chi connectivity index (χ2v) is 5.51. The smallest absolute Gasteiger partial charge is 0.358 e. The van der Waals surface area contributed by atoms with Crippen molar-refractivity contribution in [2.24, 2.45) is 5.92 Å². The van der Waals surface area contributed by atoms with Crippen molar-refractivity contribution >= 4 is 12.0 Å². The number of rotatable bonds is 3. The van der Waals surface area contributed by atoms with E-state index in [9.17, 15) is 9.59 Å². The Balaban J connectivity index is 1.53. The molecule has 21 heavy (non-hydrogen) atoms. The molecule has 2 aliphatic rings. The van der Waals surface area contributed by atoms with Gasteiger partial charge in [0.25, 0.3) is 0 Å². The number of aliphatic hydroxyl groups is 1. The first-order valence-electron chi connectivity index (χ1n) is 6.88. The first kappa shape index (κ1) is 13.8. The van der Waals surface area contributed by atoms with E-state index in [4.69, 9.17) is 10.2 Å². The number of carbonyl (C=O) groups excluding carboxylic acids is 1. The summed E-state index contributed by atoms with van der Waals surface area (Å²) in [5.41, 5.74) is -0.0925. The zero-order valence-electron chi connectivity index (χ0n) is 11.4. The van der Waals surface area contributed by atoms with Gasteiger partial charge < -0.3 is 20.0 Å². The Bertz CT molecular complexity index is 554. The van der Waals surface area contributed by atoms with Crippen LogP contribution in [0, 0.1) is 5.92 Å². The lowest BCUT2D eigenvalue weighted by Gasteiger charge is -2.40. The van der Waals surface area contributed by atoms with Crippen LogP contribution < -0.4 is 0 Å². The number of aromatic carboxylic acids is 1. The van der Waals surface area contributed by atoms with Crippen LogP contribution in [0.4, 0.5) is 4.79 Å². The molecule has 2 aliphatic heterocycles. The third kappa shape index (κ3) is 2.56. The van der Waals surface area contributed by atoms with Crippen LogP contribution in [0.3, 0.4) is 0 Å². The molecule has 0 aliphatic carbocycles. The Hall–Kier alpha value is -2.16. The van der Waals surface area contributed by atoms with Crippen LogP contribution in [0.1, 0.15) is 23.0 Å². The fraction of sp³-hybridized carbons (Fsp3) is 0.667. The molecule has 1 unspecified atom stereocenters. The highest BCUT2D eigenvalue weighted by molar-refractivity contribution is 5.84. The predicted molar refractivity (Wildman–Crippen MR) is 69.8 cm³/mol. The summed E-state index contributed by atoms with van der Waals surface area (Å²) in [6, 6.07) is -0.0495. The van der Waals surface area contributed by atoms with Crippen LogP contribution in [0.2, 0.25) is 0 Å². The molecule has 2 saturated heterocycles. The van der Waals surface area contributed by atoms with Gasteiger partial charge in [0.2, 0.25) is 0 Å². The Kier molecular flexibility index (Phi) is 3.50. The highest BCUT2D eigenvalue weighted by Gasteiger charge is 2.37. The van der Waals surface area contributed by atoms with Crippen molar-refractivity contribution < 1.29 is 19.8 Å². The lowest BCUT2D eigenvalue weighted by Crippen LogP contribution is -2.55. The summed E-state index contributed by atoms with van der Waals surface area (Å²) in [6.45, 7) is 2.40. The van der Waals surface area contributed by atoms with Crippen LogP contribution in [-0.2, 0) is 0 Å². The van der Waals surface area contributed by atoms with Gasteiger partial charge in [-0.25, -0.2) is 14.3 Å². The molecule has 0 spiro atoms. The maximum atomic E-state index is 12.2. The summed E-state index contributed by atoms with van der Waals surface area (Å²) in [5, 5.41) is 25.2. The molecular weight excluding hydrogens is 278 g/mol. The number of nitrogens with zero attached hydrogens (tertiary/aromatic N) is 5. The predicted octanol–water partition coefficient (Wildman–Crippen LogP) is -0.733. The molecule has 3 heterocycles. The molecule has 1 aromatic rings. The molecule has 1 aromatic heterocycles. The van der Waals surface area contributed by atoms with E-state index >= 15 is 0 Å². The molecule has 0 bridgehead atoms. The van der Waals surface area contributed by atoms with Gasteiger partial charge in [0.15, 0.2) is 5.69 Å². The average Bonchev–Trinajstić information content (AvgIpc) is 3.05. The zero-order valence-corrected chi connectivity index (χ0v) is 11.4. The van der Waals surface area contributed by atoms with Crippen molar-refractivity contribution in [3.8, 4) is 0 Å². The number of carboxylic acids is 1. The normalized spacial score (nSPS) is 22.4. The third-order valence-corrected chi connectivity index (χ3v) is 4.05. The first-order chi connectivity index (χ1) is 10.1. The van der Waals surface area contributed by atoms with Gasteiger partial charge in [-0.2, -0.15) is 0 Å². The van der Waals surface area contributed by atoms with E-state index in [1.807, 2.05) is 0 Å². The van der Waals surface area contributed by atoms with Crippen LogP contribution in [0.15, 0.2) is 6.20 Å². The molecular formula is C12H17N5O4. The standard InChI is InChI=1S/C12H17N5O4/c18-7-8-1-2-15(3-8)12(21)16-4-9(5-16)17-6-10(11(19)20)13-14-17/h6,8-9,18H,1-5,7H2,(H,19,20). The number of aromatic nitrogens is 3. The van der Waals surface area contributed by atoms with E-state index in [1.54, 1.807) is 9.80 Å². The Morgan fingerprint density at radius 3 is 2.62 bits per heavy atom. The van der Waals surface area contributed by atoms with E-state index in [2.05, 4.69) is 10.3 Å². The van der Waals surface area contributed by atoms with Crippen LogP contribution in [0.5, 0.6) is 0 Å². The quantitative estimate of drug-likeness (QED) is 0.760. The van der Waals surface area contributed by atoms with E-state index < -0.39 is 5.97 Å². The molecule has 2 amide bonds. The highest BCUT2D eigenvalue weighted by atomic mass is 16.4. The van der Waals surface area contributed by atoms with Crippen LogP contribution >= 0.6 is 0 Å². The van der Waals surface area contributed by atoms with Crippen molar-refractivity contribution in [3.63, 3.8) is 0 Å². The molecule has 3 rings (SSSR count). The number of amides is 2. The van der Waals surface area contributed by atoms with Gasteiger partial charge in [0, 0.05) is 38.7 Å². The van der Waals surface area contributed by atoms with E-state index in [1.165, 1.54) is 10.9 Å². The van der Waals surface area contributed by atoms with Gasteiger partial charge in [-0.15, -0.1) is 5.10 Å². The Morgan fingerprint density at radius 2 is 2.05 bits per heavy atom. The van der Waals surface area contributed by atoms with Crippen molar-refractivity contribution in [1.29, 1.82) is 0 Å². The molecule has 1 atom stereocenters. The topological polar surface area (TPSA) is 112 Å². The second-order valence-electron chi connectivity index (χ2n) is 5.51.